The molecule has 1 heterocycles. The summed E-state index contributed by atoms with van der Waals surface area (Å²) in [6.45, 7) is 0.525. The number of hydrogen-bond donors (Lipinski definition) is 2. The Balaban J connectivity index is 1.60. The summed E-state index contributed by atoms with van der Waals surface area (Å²) < 4.78 is 18.4. The minimum Gasteiger partial charge on any atom is -0.494 e. The van der Waals surface area contributed by atoms with E-state index in [0.717, 1.165) is 31.4 Å². The molecule has 0 spiro atoms. The molecule has 2 N–H and O–H groups in total. The Morgan fingerprint density at radius 3 is 3.00 bits per heavy atom. The zero-order valence-corrected chi connectivity index (χ0v) is 13.9. The van der Waals surface area contributed by atoms with Gasteiger partial charge >= 0.3 is 0 Å². The maximum atomic E-state index is 13.4. The molecule has 1 saturated heterocycles. The standard InChI is InChI=1S/C17H22ClFN2O2/c1-23-16-8-13(3-4-14(16)19)20-9-11-6-10-7-12(18)2-5-15(10)21-17(11)22/h3-4,8,10-12,15,20H,2,5-7,9H2,1H3,(H,21,22). The first-order valence-corrected chi connectivity index (χ1v) is 8.52. The van der Waals surface area contributed by atoms with E-state index in [0.29, 0.717) is 12.5 Å². The first-order valence-electron chi connectivity index (χ1n) is 8.08. The van der Waals surface area contributed by atoms with Crippen molar-refractivity contribution < 1.29 is 13.9 Å². The predicted molar refractivity (Wildman–Crippen MR) is 88.5 cm³/mol. The molecule has 1 amide bonds. The van der Waals surface area contributed by atoms with Crippen LogP contribution >= 0.6 is 11.6 Å². The molecule has 23 heavy (non-hydrogen) atoms. The van der Waals surface area contributed by atoms with Gasteiger partial charge in [-0.25, -0.2) is 4.39 Å². The molecule has 126 valence electrons. The van der Waals surface area contributed by atoms with E-state index in [1.807, 2.05) is 0 Å². The van der Waals surface area contributed by atoms with Crippen LogP contribution in [0.5, 0.6) is 5.75 Å². The third-order valence-corrected chi connectivity index (χ3v) is 5.30. The van der Waals surface area contributed by atoms with Crippen LogP contribution in [0.3, 0.4) is 0 Å². The highest BCUT2D eigenvalue weighted by Gasteiger charge is 2.38. The molecule has 1 saturated carbocycles. The van der Waals surface area contributed by atoms with Gasteiger partial charge < -0.3 is 15.4 Å². The lowest BCUT2D eigenvalue weighted by Gasteiger charge is -2.41. The van der Waals surface area contributed by atoms with E-state index in [4.69, 9.17) is 16.3 Å². The molecule has 1 aromatic carbocycles. The molecular weight excluding hydrogens is 319 g/mol. The number of methoxy groups -OCH3 is 1. The third kappa shape index (κ3) is 3.71. The second kappa shape index (κ2) is 6.95. The Morgan fingerprint density at radius 2 is 2.22 bits per heavy atom. The highest BCUT2D eigenvalue weighted by atomic mass is 35.5. The summed E-state index contributed by atoms with van der Waals surface area (Å²) in [6, 6.07) is 4.89. The summed E-state index contributed by atoms with van der Waals surface area (Å²) in [6.07, 6.45) is 3.76. The molecule has 6 heteroatoms. The molecule has 4 nitrogen and oxygen atoms in total. The highest BCUT2D eigenvalue weighted by molar-refractivity contribution is 6.20. The Morgan fingerprint density at radius 1 is 1.39 bits per heavy atom. The summed E-state index contributed by atoms with van der Waals surface area (Å²) in [5.74, 6) is 0.265. The molecular formula is C17H22ClFN2O2. The van der Waals surface area contributed by atoms with Crippen molar-refractivity contribution in [1.29, 1.82) is 0 Å². The highest BCUT2D eigenvalue weighted by Crippen LogP contribution is 2.35. The lowest BCUT2D eigenvalue weighted by molar-refractivity contribution is -0.129. The Labute approximate surface area is 140 Å². The lowest BCUT2D eigenvalue weighted by Crippen LogP contribution is -2.53. The molecule has 1 aliphatic carbocycles. The van der Waals surface area contributed by atoms with Crippen LogP contribution in [0.1, 0.15) is 25.7 Å². The average Bonchev–Trinajstić information content (AvgIpc) is 2.54. The van der Waals surface area contributed by atoms with Crippen molar-refractivity contribution in [2.24, 2.45) is 11.8 Å². The normalized spacial score (nSPS) is 30.3. The van der Waals surface area contributed by atoms with Crippen LogP contribution in [-0.4, -0.2) is 31.0 Å². The summed E-state index contributed by atoms with van der Waals surface area (Å²) >= 11 is 6.26. The topological polar surface area (TPSA) is 50.4 Å². The number of carbonyl (C=O) groups is 1. The van der Waals surface area contributed by atoms with Crippen molar-refractivity contribution >= 4 is 23.2 Å². The number of halogens is 2. The number of alkyl halides is 1. The van der Waals surface area contributed by atoms with Gasteiger partial charge in [0.25, 0.3) is 0 Å². The number of rotatable bonds is 4. The fourth-order valence-corrected chi connectivity index (χ4v) is 3.97. The van der Waals surface area contributed by atoms with Gasteiger partial charge in [0.05, 0.1) is 13.0 Å². The Hall–Kier alpha value is -1.49. The van der Waals surface area contributed by atoms with Gasteiger partial charge in [-0.15, -0.1) is 11.6 Å². The van der Waals surface area contributed by atoms with E-state index in [-0.39, 0.29) is 29.0 Å². The molecule has 2 fully saturated rings. The Kier molecular flexibility index (Phi) is 4.95. The zero-order chi connectivity index (χ0) is 16.4. The fourth-order valence-electron chi connectivity index (χ4n) is 3.62. The van der Waals surface area contributed by atoms with Crippen molar-refractivity contribution in [3.8, 4) is 5.75 Å². The SMILES string of the molecule is COc1cc(NCC2CC3CC(Cl)CCC3NC2=O)ccc1F. The number of ether oxygens (including phenoxy) is 1. The second-order valence-corrected chi connectivity index (χ2v) is 7.07. The van der Waals surface area contributed by atoms with Crippen LogP contribution in [0.25, 0.3) is 0 Å². The molecule has 0 aromatic heterocycles. The number of hydrogen-bond acceptors (Lipinski definition) is 3. The molecule has 1 aliphatic heterocycles. The number of carbonyl (C=O) groups excluding carboxylic acids is 1. The van der Waals surface area contributed by atoms with Gasteiger partial charge in [0.2, 0.25) is 5.91 Å². The van der Waals surface area contributed by atoms with Crippen molar-refractivity contribution in [3.63, 3.8) is 0 Å². The van der Waals surface area contributed by atoms with E-state index in [1.54, 1.807) is 12.1 Å². The molecule has 4 unspecified atom stereocenters. The number of amides is 1. The lowest BCUT2D eigenvalue weighted by atomic mass is 9.75. The summed E-state index contributed by atoms with van der Waals surface area (Å²) in [5.41, 5.74) is 0.747. The quantitative estimate of drug-likeness (QED) is 0.828. The average molecular weight is 341 g/mol. The molecule has 2 aliphatic rings. The maximum absolute atomic E-state index is 13.4. The molecule has 0 bridgehead atoms. The largest absolute Gasteiger partial charge is 0.494 e. The number of benzene rings is 1. The fraction of sp³-hybridized carbons (Fsp3) is 0.588. The summed E-state index contributed by atoms with van der Waals surface area (Å²) in [7, 11) is 1.43. The van der Waals surface area contributed by atoms with Gasteiger partial charge in [0.15, 0.2) is 11.6 Å². The van der Waals surface area contributed by atoms with E-state index in [9.17, 15) is 9.18 Å². The van der Waals surface area contributed by atoms with Crippen molar-refractivity contribution in [2.45, 2.75) is 37.1 Å². The number of fused-ring (bicyclic) bond motifs is 1. The molecule has 3 rings (SSSR count). The van der Waals surface area contributed by atoms with E-state index < -0.39 is 5.82 Å². The summed E-state index contributed by atoms with van der Waals surface area (Å²) in [4.78, 5) is 12.3. The van der Waals surface area contributed by atoms with Gasteiger partial charge in [-0.05, 0) is 43.7 Å². The van der Waals surface area contributed by atoms with Crippen LogP contribution in [-0.2, 0) is 4.79 Å². The molecule has 1 aromatic rings. The number of nitrogens with one attached hydrogen (secondary N) is 2. The van der Waals surface area contributed by atoms with Gasteiger partial charge in [0, 0.05) is 29.7 Å². The first-order chi connectivity index (χ1) is 11.1. The van der Waals surface area contributed by atoms with Crippen LogP contribution in [0.4, 0.5) is 10.1 Å². The van der Waals surface area contributed by atoms with Gasteiger partial charge in [-0.3, -0.25) is 4.79 Å². The maximum Gasteiger partial charge on any atom is 0.225 e. The number of anilines is 1. The van der Waals surface area contributed by atoms with Crippen molar-refractivity contribution in [1.82, 2.24) is 5.32 Å². The predicted octanol–water partition coefficient (Wildman–Crippen LogP) is 3.16. The van der Waals surface area contributed by atoms with E-state index in [1.165, 1.54) is 13.2 Å². The van der Waals surface area contributed by atoms with Gasteiger partial charge in [-0.2, -0.15) is 0 Å². The van der Waals surface area contributed by atoms with Crippen LogP contribution in [0.15, 0.2) is 18.2 Å². The minimum absolute atomic E-state index is 0.0886. The van der Waals surface area contributed by atoms with E-state index >= 15 is 0 Å². The third-order valence-electron chi connectivity index (χ3n) is 4.91. The number of piperidine rings is 1. The van der Waals surface area contributed by atoms with Crippen LogP contribution < -0.4 is 15.4 Å². The van der Waals surface area contributed by atoms with Crippen molar-refractivity contribution in [2.75, 3.05) is 19.0 Å². The zero-order valence-electron chi connectivity index (χ0n) is 13.1. The minimum atomic E-state index is -0.397. The Bertz CT molecular complexity index is 584. The van der Waals surface area contributed by atoms with Gasteiger partial charge in [0.1, 0.15) is 0 Å². The molecule has 4 atom stereocenters. The molecule has 0 radical (unpaired) electrons. The van der Waals surface area contributed by atoms with Gasteiger partial charge in [-0.1, -0.05) is 0 Å². The van der Waals surface area contributed by atoms with Crippen molar-refractivity contribution in [3.05, 3.63) is 24.0 Å². The van der Waals surface area contributed by atoms with Crippen LogP contribution in [0, 0.1) is 17.7 Å². The van der Waals surface area contributed by atoms with E-state index in [2.05, 4.69) is 10.6 Å². The second-order valence-electron chi connectivity index (χ2n) is 6.45. The monoisotopic (exact) mass is 340 g/mol. The van der Waals surface area contributed by atoms with Crippen LogP contribution in [0.2, 0.25) is 0 Å². The first kappa shape index (κ1) is 16.4. The smallest absolute Gasteiger partial charge is 0.225 e. The summed E-state index contributed by atoms with van der Waals surface area (Å²) in [5, 5.41) is 6.57.